The maximum atomic E-state index is 2.42. The summed E-state index contributed by atoms with van der Waals surface area (Å²) in [5.41, 5.74) is 7.49. The minimum atomic E-state index is 1.22. The van der Waals surface area contributed by atoms with Gasteiger partial charge in [-0.15, -0.1) is 0 Å². The van der Waals surface area contributed by atoms with E-state index >= 15 is 0 Å². The molecule has 1 heterocycles. The van der Waals surface area contributed by atoms with Crippen molar-refractivity contribution in [3.05, 3.63) is 115 Å². The van der Waals surface area contributed by atoms with Gasteiger partial charge in [0.05, 0.1) is 16.7 Å². The van der Waals surface area contributed by atoms with Crippen LogP contribution in [0.5, 0.6) is 0 Å². The molecule has 0 spiro atoms. The van der Waals surface area contributed by atoms with Gasteiger partial charge >= 0.3 is 0 Å². The standard InChI is InChI=1S/C29H21N/c1-20-8-6-11-22(18-20)23-16-17-26-25-13-4-5-14-28(25)30(29(26)19-23)27-15-7-10-21-9-2-3-12-24(21)27/h2-19H,1H3. The largest absolute Gasteiger partial charge is 0.309 e. The van der Waals surface area contributed by atoms with Gasteiger partial charge in [-0.2, -0.15) is 0 Å². The van der Waals surface area contributed by atoms with Crippen molar-refractivity contribution in [3.8, 4) is 16.8 Å². The van der Waals surface area contributed by atoms with E-state index in [9.17, 15) is 0 Å². The second-order valence-electron chi connectivity index (χ2n) is 7.95. The molecule has 0 aliphatic rings. The predicted octanol–water partition coefficient (Wildman–Crippen LogP) is 7.91. The molecule has 0 unspecified atom stereocenters. The number of para-hydroxylation sites is 1. The number of aromatic nitrogens is 1. The maximum Gasteiger partial charge on any atom is 0.0547 e. The Labute approximate surface area is 175 Å². The molecule has 6 rings (SSSR count). The van der Waals surface area contributed by atoms with Crippen molar-refractivity contribution in [2.24, 2.45) is 0 Å². The summed E-state index contributed by atoms with van der Waals surface area (Å²) in [5.74, 6) is 0. The van der Waals surface area contributed by atoms with Gasteiger partial charge in [-0.1, -0.05) is 96.6 Å². The Hall–Kier alpha value is -3.84. The molecule has 5 aromatic carbocycles. The molecule has 0 atom stereocenters. The number of benzene rings is 5. The number of hydrogen-bond acceptors (Lipinski definition) is 0. The Morgan fingerprint density at radius 1 is 0.500 bits per heavy atom. The van der Waals surface area contributed by atoms with Gasteiger partial charge in [0.25, 0.3) is 0 Å². The van der Waals surface area contributed by atoms with Crippen molar-refractivity contribution in [3.63, 3.8) is 0 Å². The number of rotatable bonds is 2. The molecule has 0 N–H and O–H groups in total. The Balaban J connectivity index is 1.74. The van der Waals surface area contributed by atoms with Crippen LogP contribution in [0.25, 0.3) is 49.4 Å². The first-order chi connectivity index (χ1) is 14.8. The average Bonchev–Trinajstić information content (AvgIpc) is 3.12. The maximum absolute atomic E-state index is 2.42. The summed E-state index contributed by atoms with van der Waals surface area (Å²) in [7, 11) is 0. The first-order valence-electron chi connectivity index (χ1n) is 10.4. The Morgan fingerprint density at radius 3 is 2.10 bits per heavy atom. The predicted molar refractivity (Wildman–Crippen MR) is 128 cm³/mol. The molecular formula is C29H21N. The molecule has 6 aromatic rings. The van der Waals surface area contributed by atoms with Crippen molar-refractivity contribution in [2.75, 3.05) is 0 Å². The van der Waals surface area contributed by atoms with Gasteiger partial charge in [-0.05, 0) is 41.6 Å². The van der Waals surface area contributed by atoms with Crippen LogP contribution >= 0.6 is 0 Å². The zero-order chi connectivity index (χ0) is 20.1. The monoisotopic (exact) mass is 383 g/mol. The summed E-state index contributed by atoms with van der Waals surface area (Å²) in [6, 6.07) is 39.5. The topological polar surface area (TPSA) is 4.93 Å². The van der Waals surface area contributed by atoms with Crippen LogP contribution in [0.1, 0.15) is 5.56 Å². The fraction of sp³-hybridized carbons (Fsp3) is 0.0345. The van der Waals surface area contributed by atoms with Gasteiger partial charge in [0.15, 0.2) is 0 Å². The summed E-state index contributed by atoms with van der Waals surface area (Å²) in [5, 5.41) is 5.10. The normalized spacial score (nSPS) is 11.5. The van der Waals surface area contributed by atoms with E-state index in [1.165, 1.54) is 55.0 Å². The highest BCUT2D eigenvalue weighted by Gasteiger charge is 2.14. The highest BCUT2D eigenvalue weighted by atomic mass is 15.0. The smallest absolute Gasteiger partial charge is 0.0547 e. The Bertz CT molecular complexity index is 1550. The molecule has 1 heteroatoms. The van der Waals surface area contributed by atoms with E-state index in [0.29, 0.717) is 0 Å². The second kappa shape index (κ2) is 6.60. The minimum Gasteiger partial charge on any atom is -0.309 e. The summed E-state index contributed by atoms with van der Waals surface area (Å²) in [6.07, 6.45) is 0. The second-order valence-corrected chi connectivity index (χ2v) is 7.95. The van der Waals surface area contributed by atoms with Crippen LogP contribution in [0.15, 0.2) is 109 Å². The molecule has 0 radical (unpaired) electrons. The molecular weight excluding hydrogens is 362 g/mol. The van der Waals surface area contributed by atoms with Crippen molar-refractivity contribution < 1.29 is 0 Å². The number of fused-ring (bicyclic) bond motifs is 4. The zero-order valence-corrected chi connectivity index (χ0v) is 16.8. The number of hydrogen-bond donors (Lipinski definition) is 0. The summed E-state index contributed by atoms with van der Waals surface area (Å²) in [6.45, 7) is 2.15. The van der Waals surface area contributed by atoms with Crippen molar-refractivity contribution >= 4 is 32.6 Å². The minimum absolute atomic E-state index is 1.22. The van der Waals surface area contributed by atoms with Gasteiger partial charge in [-0.3, -0.25) is 0 Å². The van der Waals surface area contributed by atoms with E-state index in [1.54, 1.807) is 0 Å². The number of aryl methyl sites for hydroxylation is 1. The Morgan fingerprint density at radius 2 is 1.20 bits per heavy atom. The quantitative estimate of drug-likeness (QED) is 0.286. The van der Waals surface area contributed by atoms with Crippen LogP contribution in [0.2, 0.25) is 0 Å². The summed E-state index contributed by atoms with van der Waals surface area (Å²) >= 11 is 0. The average molecular weight is 383 g/mol. The van der Waals surface area contributed by atoms with Crippen LogP contribution in [0.4, 0.5) is 0 Å². The fourth-order valence-electron chi connectivity index (χ4n) is 4.64. The third kappa shape index (κ3) is 2.56. The molecule has 0 fully saturated rings. The zero-order valence-electron chi connectivity index (χ0n) is 16.8. The van der Waals surface area contributed by atoms with E-state index in [-0.39, 0.29) is 0 Å². The van der Waals surface area contributed by atoms with Crippen LogP contribution in [-0.4, -0.2) is 4.57 Å². The molecule has 0 aliphatic heterocycles. The molecule has 142 valence electrons. The van der Waals surface area contributed by atoms with Gasteiger partial charge in [-0.25, -0.2) is 0 Å². The van der Waals surface area contributed by atoms with E-state index in [2.05, 4.69) is 121 Å². The van der Waals surface area contributed by atoms with Crippen LogP contribution < -0.4 is 0 Å². The van der Waals surface area contributed by atoms with E-state index in [1.807, 2.05) is 0 Å². The third-order valence-corrected chi connectivity index (χ3v) is 6.03. The molecule has 30 heavy (non-hydrogen) atoms. The van der Waals surface area contributed by atoms with E-state index < -0.39 is 0 Å². The molecule has 0 saturated carbocycles. The highest BCUT2D eigenvalue weighted by Crippen LogP contribution is 2.36. The summed E-state index contributed by atoms with van der Waals surface area (Å²) < 4.78 is 2.42. The molecule has 0 aliphatic carbocycles. The summed E-state index contributed by atoms with van der Waals surface area (Å²) in [4.78, 5) is 0. The van der Waals surface area contributed by atoms with Gasteiger partial charge in [0.2, 0.25) is 0 Å². The molecule has 0 bridgehead atoms. The molecule has 1 aromatic heterocycles. The lowest BCUT2D eigenvalue weighted by Gasteiger charge is -2.12. The lowest BCUT2D eigenvalue weighted by molar-refractivity contribution is 1.20. The Kier molecular flexibility index (Phi) is 3.75. The SMILES string of the molecule is Cc1cccc(-c2ccc3c4ccccc4n(-c4cccc5ccccc45)c3c2)c1. The van der Waals surface area contributed by atoms with Crippen molar-refractivity contribution in [1.29, 1.82) is 0 Å². The van der Waals surface area contributed by atoms with Crippen molar-refractivity contribution in [1.82, 2.24) is 4.57 Å². The lowest BCUT2D eigenvalue weighted by Crippen LogP contribution is -1.95. The first-order valence-corrected chi connectivity index (χ1v) is 10.4. The highest BCUT2D eigenvalue weighted by molar-refractivity contribution is 6.11. The van der Waals surface area contributed by atoms with Gasteiger partial charge in [0.1, 0.15) is 0 Å². The first kappa shape index (κ1) is 17.1. The fourth-order valence-corrected chi connectivity index (χ4v) is 4.64. The third-order valence-electron chi connectivity index (χ3n) is 6.03. The van der Waals surface area contributed by atoms with E-state index in [0.717, 1.165) is 0 Å². The molecule has 1 nitrogen and oxygen atoms in total. The van der Waals surface area contributed by atoms with Crippen LogP contribution in [-0.2, 0) is 0 Å². The molecule has 0 amide bonds. The molecule has 0 saturated heterocycles. The van der Waals surface area contributed by atoms with Crippen LogP contribution in [0.3, 0.4) is 0 Å². The van der Waals surface area contributed by atoms with Gasteiger partial charge in [0, 0.05) is 16.2 Å². The lowest BCUT2D eigenvalue weighted by atomic mass is 10.0. The van der Waals surface area contributed by atoms with E-state index in [4.69, 9.17) is 0 Å². The van der Waals surface area contributed by atoms with Crippen molar-refractivity contribution in [2.45, 2.75) is 6.92 Å². The van der Waals surface area contributed by atoms with Gasteiger partial charge < -0.3 is 4.57 Å². The van der Waals surface area contributed by atoms with Crippen LogP contribution in [0, 0.1) is 6.92 Å². The number of nitrogens with zero attached hydrogens (tertiary/aromatic N) is 1.